The van der Waals surface area contributed by atoms with Crippen molar-refractivity contribution in [3.63, 3.8) is 0 Å². The Morgan fingerprint density at radius 1 is 0.947 bits per heavy atom. The lowest BCUT2D eigenvalue weighted by Crippen LogP contribution is -2.53. The molecule has 4 N–H and O–H groups in total. The summed E-state index contributed by atoms with van der Waals surface area (Å²) >= 11 is 6.50. The van der Waals surface area contributed by atoms with E-state index in [4.69, 9.17) is 11.6 Å². The third-order valence-corrected chi connectivity index (χ3v) is 8.27. The standard InChI is InChI=1S/C29H26ClN3O5/c1-15-11-18-25(19(30)12-15)31-28(38)29(18)24-23(20(32-29)13-17-7-8-21(34)22(35)14-17)26(36)33(27(24)37)10-9-16-5-3-2-4-6-16/h2-8,11-12,14,20,23-24,32,34-35H,9-10,13H2,1H3,(H,31,38)/t20-,23+,24-,29+/m0/s1. The van der Waals surface area contributed by atoms with Crippen LogP contribution in [0, 0.1) is 18.8 Å². The van der Waals surface area contributed by atoms with E-state index in [0.717, 1.165) is 11.1 Å². The first-order valence-electron chi connectivity index (χ1n) is 12.5. The van der Waals surface area contributed by atoms with Crippen molar-refractivity contribution >= 4 is 35.0 Å². The Morgan fingerprint density at radius 2 is 1.71 bits per heavy atom. The number of phenolic OH excluding ortho intramolecular Hbond substituents is 2. The lowest BCUT2D eigenvalue weighted by Gasteiger charge is -2.30. The molecule has 3 aromatic rings. The quantitative estimate of drug-likeness (QED) is 0.296. The van der Waals surface area contributed by atoms with Gasteiger partial charge in [-0.15, -0.1) is 0 Å². The van der Waals surface area contributed by atoms with Gasteiger partial charge in [0.15, 0.2) is 11.5 Å². The van der Waals surface area contributed by atoms with Gasteiger partial charge in [-0.25, -0.2) is 0 Å². The topological polar surface area (TPSA) is 119 Å². The Kier molecular flexibility index (Phi) is 5.70. The number of likely N-dealkylation sites (tertiary alicyclic amines) is 1. The Morgan fingerprint density at radius 3 is 2.45 bits per heavy atom. The van der Waals surface area contributed by atoms with Crippen molar-refractivity contribution in [3.8, 4) is 11.5 Å². The van der Waals surface area contributed by atoms with Crippen LogP contribution in [0.25, 0.3) is 0 Å². The van der Waals surface area contributed by atoms with Crippen molar-refractivity contribution in [1.82, 2.24) is 10.2 Å². The molecule has 3 aliphatic heterocycles. The average Bonchev–Trinajstić information content (AvgIpc) is 3.46. The first kappa shape index (κ1) is 24.5. The smallest absolute Gasteiger partial charge is 0.250 e. The summed E-state index contributed by atoms with van der Waals surface area (Å²) in [5, 5.41) is 26.4. The van der Waals surface area contributed by atoms with Crippen LogP contribution in [0.2, 0.25) is 5.02 Å². The van der Waals surface area contributed by atoms with Crippen molar-refractivity contribution < 1.29 is 24.6 Å². The van der Waals surface area contributed by atoms with E-state index in [2.05, 4.69) is 10.6 Å². The number of hydrogen-bond donors (Lipinski definition) is 4. The normalized spacial score (nSPS) is 25.7. The minimum atomic E-state index is -1.46. The van der Waals surface area contributed by atoms with E-state index >= 15 is 0 Å². The van der Waals surface area contributed by atoms with Crippen molar-refractivity contribution in [1.29, 1.82) is 0 Å². The fourth-order valence-electron chi connectivity index (χ4n) is 6.28. The lowest BCUT2D eigenvalue weighted by atomic mass is 9.76. The fraction of sp³-hybridized carbons (Fsp3) is 0.276. The molecular weight excluding hydrogens is 506 g/mol. The van der Waals surface area contributed by atoms with E-state index in [1.807, 2.05) is 43.3 Å². The van der Waals surface area contributed by atoms with Crippen LogP contribution in [-0.2, 0) is 32.8 Å². The molecule has 9 heteroatoms. The largest absolute Gasteiger partial charge is 0.504 e. The molecule has 6 rings (SSSR count). The molecule has 4 atom stereocenters. The van der Waals surface area contributed by atoms with Gasteiger partial charge in [0, 0.05) is 18.2 Å². The van der Waals surface area contributed by atoms with Crippen LogP contribution >= 0.6 is 11.6 Å². The zero-order chi connectivity index (χ0) is 26.8. The van der Waals surface area contributed by atoms with Crippen LogP contribution in [0.5, 0.6) is 11.5 Å². The maximum Gasteiger partial charge on any atom is 0.250 e. The molecule has 0 saturated carbocycles. The third kappa shape index (κ3) is 3.59. The highest BCUT2D eigenvalue weighted by Gasteiger charge is 2.70. The molecular formula is C29H26ClN3O5. The number of rotatable bonds is 5. The summed E-state index contributed by atoms with van der Waals surface area (Å²) in [5.74, 6) is -3.43. The molecule has 2 fully saturated rings. The SMILES string of the molecule is Cc1cc(Cl)c2c(c1)[C@]1(N[C@@H](Cc3ccc(O)c(O)c3)[C@H]3C(=O)N(CCc4ccccc4)C(=O)[C@H]31)C(=O)N2. The van der Waals surface area contributed by atoms with Gasteiger partial charge in [-0.2, -0.15) is 0 Å². The van der Waals surface area contributed by atoms with Gasteiger partial charge in [0.25, 0.3) is 0 Å². The number of benzene rings is 3. The molecule has 3 amide bonds. The monoisotopic (exact) mass is 531 g/mol. The van der Waals surface area contributed by atoms with Crippen molar-refractivity contribution in [2.24, 2.45) is 11.8 Å². The zero-order valence-corrected chi connectivity index (χ0v) is 21.3. The number of carbonyl (C=O) groups is 3. The Hall–Kier alpha value is -3.88. The van der Waals surface area contributed by atoms with Gasteiger partial charge in [0.05, 0.1) is 22.5 Å². The Labute approximate surface area is 224 Å². The summed E-state index contributed by atoms with van der Waals surface area (Å²) in [7, 11) is 0. The summed E-state index contributed by atoms with van der Waals surface area (Å²) < 4.78 is 0. The highest BCUT2D eigenvalue weighted by Crippen LogP contribution is 2.54. The number of carbonyl (C=O) groups excluding carboxylic acids is 3. The van der Waals surface area contributed by atoms with E-state index in [-0.39, 0.29) is 36.3 Å². The molecule has 2 saturated heterocycles. The fourth-order valence-corrected chi connectivity index (χ4v) is 6.61. The molecule has 0 bridgehead atoms. The molecule has 0 radical (unpaired) electrons. The minimum Gasteiger partial charge on any atom is -0.504 e. The molecule has 194 valence electrons. The van der Waals surface area contributed by atoms with E-state index in [9.17, 15) is 24.6 Å². The van der Waals surface area contributed by atoms with E-state index in [1.165, 1.54) is 17.0 Å². The molecule has 0 aliphatic carbocycles. The number of halogens is 1. The molecule has 3 aromatic carbocycles. The van der Waals surface area contributed by atoms with Gasteiger partial charge in [-0.3, -0.25) is 24.6 Å². The minimum absolute atomic E-state index is 0.209. The first-order valence-corrected chi connectivity index (χ1v) is 12.9. The van der Waals surface area contributed by atoms with Crippen molar-refractivity contribution in [3.05, 3.63) is 87.9 Å². The maximum absolute atomic E-state index is 14.0. The average molecular weight is 532 g/mol. The summed E-state index contributed by atoms with van der Waals surface area (Å²) in [4.78, 5) is 42.8. The van der Waals surface area contributed by atoms with Gasteiger partial charge in [0.1, 0.15) is 5.54 Å². The number of phenols is 2. The van der Waals surface area contributed by atoms with E-state index in [0.29, 0.717) is 28.3 Å². The number of imide groups is 1. The van der Waals surface area contributed by atoms with Gasteiger partial charge in [-0.05, 0) is 54.7 Å². The van der Waals surface area contributed by atoms with Crippen LogP contribution < -0.4 is 10.6 Å². The Bertz CT molecular complexity index is 1490. The summed E-state index contributed by atoms with van der Waals surface area (Å²) in [6, 6.07) is 17.1. The number of anilines is 1. The number of aryl methyl sites for hydroxylation is 1. The van der Waals surface area contributed by atoms with Crippen LogP contribution in [0.4, 0.5) is 5.69 Å². The molecule has 3 heterocycles. The molecule has 3 aliphatic rings. The van der Waals surface area contributed by atoms with Crippen molar-refractivity contribution in [2.75, 3.05) is 11.9 Å². The van der Waals surface area contributed by atoms with E-state index < -0.39 is 29.3 Å². The van der Waals surface area contributed by atoms with Crippen LogP contribution in [0.3, 0.4) is 0 Å². The first-order chi connectivity index (χ1) is 18.2. The number of amides is 3. The second-order valence-electron chi connectivity index (χ2n) is 10.3. The molecule has 0 unspecified atom stereocenters. The third-order valence-electron chi connectivity index (χ3n) is 7.97. The molecule has 0 aromatic heterocycles. The number of nitrogens with one attached hydrogen (secondary N) is 2. The summed E-state index contributed by atoms with van der Waals surface area (Å²) in [6.07, 6.45) is 0.757. The van der Waals surface area contributed by atoms with Crippen LogP contribution in [-0.4, -0.2) is 45.4 Å². The molecule has 8 nitrogen and oxygen atoms in total. The maximum atomic E-state index is 14.0. The number of fused-ring (bicyclic) bond motifs is 4. The summed E-state index contributed by atoms with van der Waals surface area (Å²) in [6.45, 7) is 2.07. The Balaban J connectivity index is 1.42. The molecule has 38 heavy (non-hydrogen) atoms. The number of nitrogens with zero attached hydrogens (tertiary/aromatic N) is 1. The van der Waals surface area contributed by atoms with E-state index in [1.54, 1.807) is 12.1 Å². The number of hydrogen-bond acceptors (Lipinski definition) is 6. The predicted octanol–water partition coefficient (Wildman–Crippen LogP) is 3.27. The van der Waals surface area contributed by atoms with Gasteiger partial charge >= 0.3 is 0 Å². The molecule has 1 spiro atoms. The van der Waals surface area contributed by atoms with Crippen molar-refractivity contribution in [2.45, 2.75) is 31.3 Å². The summed E-state index contributed by atoms with van der Waals surface area (Å²) in [5.41, 5.74) is 2.02. The second-order valence-corrected chi connectivity index (χ2v) is 10.7. The zero-order valence-electron chi connectivity index (χ0n) is 20.6. The van der Waals surface area contributed by atoms with Gasteiger partial charge < -0.3 is 15.5 Å². The second kappa shape index (κ2) is 8.85. The van der Waals surface area contributed by atoms with Crippen LogP contribution in [0.15, 0.2) is 60.7 Å². The van der Waals surface area contributed by atoms with Crippen LogP contribution in [0.1, 0.15) is 22.3 Å². The van der Waals surface area contributed by atoms with Gasteiger partial charge in [-0.1, -0.05) is 54.1 Å². The van der Waals surface area contributed by atoms with Gasteiger partial charge in [0.2, 0.25) is 17.7 Å². The highest BCUT2D eigenvalue weighted by molar-refractivity contribution is 6.35. The highest BCUT2D eigenvalue weighted by atomic mass is 35.5. The lowest BCUT2D eigenvalue weighted by molar-refractivity contribution is -0.142. The number of aromatic hydroxyl groups is 2. The predicted molar refractivity (Wildman–Crippen MR) is 141 cm³/mol.